The van der Waals surface area contributed by atoms with Gasteiger partial charge in [0.2, 0.25) is 0 Å². The summed E-state index contributed by atoms with van der Waals surface area (Å²) in [6.07, 6.45) is -0.182. The number of likely N-dealkylation sites (tertiary alicyclic amines) is 2. The van der Waals surface area contributed by atoms with Gasteiger partial charge in [0.05, 0.1) is 0 Å². The Morgan fingerprint density at radius 3 is 2.29 bits per heavy atom. The molecule has 0 aliphatic carbocycles. The lowest BCUT2D eigenvalue weighted by Crippen LogP contribution is -2.72. The molecule has 2 saturated heterocycles. The molecule has 2 aliphatic rings. The van der Waals surface area contributed by atoms with Crippen LogP contribution in [0.4, 0.5) is 4.79 Å². The molecule has 1 aromatic carbocycles. The van der Waals surface area contributed by atoms with Crippen LogP contribution in [0, 0.1) is 5.41 Å². The zero-order chi connectivity index (χ0) is 17.5. The molecule has 2 N–H and O–H groups in total. The first-order chi connectivity index (χ1) is 11.2. The Hall–Kier alpha value is -1.59. The average molecular weight is 331 g/mol. The van der Waals surface area contributed by atoms with Crippen LogP contribution in [0.2, 0.25) is 0 Å². The van der Waals surface area contributed by atoms with Crippen LogP contribution in [-0.4, -0.2) is 47.7 Å². The van der Waals surface area contributed by atoms with E-state index in [4.69, 9.17) is 10.5 Å². The monoisotopic (exact) mass is 331 g/mol. The Morgan fingerprint density at radius 1 is 1.21 bits per heavy atom. The first kappa shape index (κ1) is 17.2. The van der Waals surface area contributed by atoms with Gasteiger partial charge in [-0.3, -0.25) is 4.90 Å². The van der Waals surface area contributed by atoms with Gasteiger partial charge in [0.15, 0.2) is 0 Å². The minimum absolute atomic E-state index is 0.0835. The maximum atomic E-state index is 12.0. The van der Waals surface area contributed by atoms with Crippen LogP contribution < -0.4 is 5.73 Å². The molecule has 0 unspecified atom stereocenters. The molecule has 2 aliphatic heterocycles. The highest BCUT2D eigenvalue weighted by atomic mass is 16.6. The molecule has 5 nitrogen and oxygen atoms in total. The number of amides is 1. The van der Waals surface area contributed by atoms with Crippen molar-refractivity contribution in [3.05, 3.63) is 35.4 Å². The summed E-state index contributed by atoms with van der Waals surface area (Å²) in [4.78, 5) is 16.3. The lowest BCUT2D eigenvalue weighted by atomic mass is 9.73. The zero-order valence-electron chi connectivity index (χ0n) is 15.2. The van der Waals surface area contributed by atoms with E-state index in [1.165, 1.54) is 11.1 Å². The molecule has 24 heavy (non-hydrogen) atoms. The van der Waals surface area contributed by atoms with Crippen molar-refractivity contribution in [1.29, 1.82) is 0 Å². The van der Waals surface area contributed by atoms with Crippen molar-refractivity contribution in [2.75, 3.05) is 26.2 Å². The van der Waals surface area contributed by atoms with E-state index in [2.05, 4.69) is 29.2 Å². The van der Waals surface area contributed by atoms with Crippen LogP contribution in [0.15, 0.2) is 24.3 Å². The van der Waals surface area contributed by atoms with Crippen molar-refractivity contribution in [2.24, 2.45) is 11.1 Å². The molecule has 132 valence electrons. The third-order valence-corrected chi connectivity index (χ3v) is 4.73. The number of nitrogens with zero attached hydrogens (tertiary/aromatic N) is 2. The van der Waals surface area contributed by atoms with Gasteiger partial charge in [0.25, 0.3) is 0 Å². The molecule has 0 saturated carbocycles. The number of rotatable bonds is 3. The van der Waals surface area contributed by atoms with Gasteiger partial charge in [-0.2, -0.15) is 0 Å². The minimum atomic E-state index is -0.418. The van der Waals surface area contributed by atoms with E-state index in [-0.39, 0.29) is 12.1 Å². The van der Waals surface area contributed by atoms with E-state index >= 15 is 0 Å². The molecular formula is C19H29N3O2. The number of hydrogen-bond acceptors (Lipinski definition) is 4. The highest BCUT2D eigenvalue weighted by Crippen LogP contribution is 2.40. The largest absolute Gasteiger partial charge is 0.444 e. The number of benzene rings is 1. The van der Waals surface area contributed by atoms with E-state index in [0.29, 0.717) is 5.41 Å². The first-order valence-corrected chi connectivity index (χ1v) is 8.71. The number of nitrogens with two attached hydrogens (primary N) is 1. The van der Waals surface area contributed by atoms with Gasteiger partial charge in [-0.1, -0.05) is 24.3 Å². The van der Waals surface area contributed by atoms with E-state index in [1.54, 1.807) is 0 Å². The molecule has 1 spiro atoms. The number of ether oxygens (including phenoxy) is 1. The summed E-state index contributed by atoms with van der Waals surface area (Å²) in [6.45, 7) is 12.4. The summed E-state index contributed by atoms with van der Waals surface area (Å²) >= 11 is 0. The van der Waals surface area contributed by atoms with Gasteiger partial charge < -0.3 is 15.4 Å². The molecule has 1 atom stereocenters. The van der Waals surface area contributed by atoms with Gasteiger partial charge in [-0.15, -0.1) is 0 Å². The summed E-state index contributed by atoms with van der Waals surface area (Å²) in [7, 11) is 0. The third kappa shape index (κ3) is 3.73. The van der Waals surface area contributed by atoms with E-state index in [9.17, 15) is 4.79 Å². The Kier molecular flexibility index (Phi) is 4.34. The van der Waals surface area contributed by atoms with Gasteiger partial charge in [-0.05, 0) is 38.8 Å². The van der Waals surface area contributed by atoms with Crippen molar-refractivity contribution >= 4 is 6.09 Å². The Balaban J connectivity index is 1.43. The van der Waals surface area contributed by atoms with Crippen molar-refractivity contribution in [3.8, 4) is 0 Å². The van der Waals surface area contributed by atoms with Gasteiger partial charge in [0, 0.05) is 44.2 Å². The zero-order valence-corrected chi connectivity index (χ0v) is 15.2. The molecule has 5 heteroatoms. The fourth-order valence-electron chi connectivity index (χ4n) is 3.62. The molecule has 3 rings (SSSR count). The molecule has 0 aromatic heterocycles. The highest BCUT2D eigenvalue weighted by Gasteiger charge is 2.53. The van der Waals surface area contributed by atoms with Crippen LogP contribution in [-0.2, 0) is 11.3 Å². The lowest BCUT2D eigenvalue weighted by Gasteiger charge is -2.60. The summed E-state index contributed by atoms with van der Waals surface area (Å²) in [5.74, 6) is 0. The summed E-state index contributed by atoms with van der Waals surface area (Å²) in [5, 5.41) is 0. The van der Waals surface area contributed by atoms with Gasteiger partial charge in [-0.25, -0.2) is 4.79 Å². The molecule has 2 heterocycles. The third-order valence-electron chi connectivity index (χ3n) is 4.73. The summed E-state index contributed by atoms with van der Waals surface area (Å²) in [6, 6.07) is 8.64. The van der Waals surface area contributed by atoms with E-state index in [0.717, 1.165) is 32.7 Å². The van der Waals surface area contributed by atoms with Crippen molar-refractivity contribution in [1.82, 2.24) is 9.80 Å². The molecule has 1 aromatic rings. The maximum absolute atomic E-state index is 12.0. The Bertz CT molecular complexity index is 590. The maximum Gasteiger partial charge on any atom is 0.410 e. The smallest absolute Gasteiger partial charge is 0.410 e. The molecule has 2 fully saturated rings. The Labute approximate surface area is 144 Å². The predicted molar refractivity (Wildman–Crippen MR) is 94.6 cm³/mol. The first-order valence-electron chi connectivity index (χ1n) is 8.71. The van der Waals surface area contributed by atoms with Crippen LogP contribution in [0.25, 0.3) is 0 Å². The van der Waals surface area contributed by atoms with Crippen LogP contribution >= 0.6 is 0 Å². The second-order valence-electron chi connectivity index (χ2n) is 8.51. The minimum Gasteiger partial charge on any atom is -0.444 e. The second-order valence-corrected chi connectivity index (χ2v) is 8.51. The van der Waals surface area contributed by atoms with Crippen LogP contribution in [0.3, 0.4) is 0 Å². The van der Waals surface area contributed by atoms with Gasteiger partial charge >= 0.3 is 6.09 Å². The topological polar surface area (TPSA) is 58.8 Å². The summed E-state index contributed by atoms with van der Waals surface area (Å²) < 4.78 is 5.42. The second kappa shape index (κ2) is 6.05. The Morgan fingerprint density at radius 2 is 1.79 bits per heavy atom. The SMILES string of the molecule is C[C@H](N)c1ccc(CN2CC3(C2)CN(C(=O)OC(C)(C)C)C3)cc1. The number of carbonyl (C=O) groups is 1. The van der Waals surface area contributed by atoms with Crippen molar-refractivity contribution in [3.63, 3.8) is 0 Å². The van der Waals surface area contributed by atoms with E-state index in [1.807, 2.05) is 32.6 Å². The predicted octanol–water partition coefficient (Wildman–Crippen LogP) is 2.76. The van der Waals surface area contributed by atoms with Gasteiger partial charge in [0.1, 0.15) is 5.60 Å². The van der Waals surface area contributed by atoms with Crippen LogP contribution in [0.1, 0.15) is 44.9 Å². The molecule has 1 amide bonds. The average Bonchev–Trinajstić information content (AvgIpc) is 2.38. The lowest BCUT2D eigenvalue weighted by molar-refractivity contribution is -0.115. The van der Waals surface area contributed by atoms with E-state index < -0.39 is 5.60 Å². The van der Waals surface area contributed by atoms with Crippen LogP contribution in [0.5, 0.6) is 0 Å². The highest BCUT2D eigenvalue weighted by molar-refractivity contribution is 5.69. The normalized spacial score (nSPS) is 21.1. The summed E-state index contributed by atoms with van der Waals surface area (Å²) in [5.41, 5.74) is 8.25. The molecule has 0 bridgehead atoms. The molecule has 0 radical (unpaired) electrons. The number of hydrogen-bond donors (Lipinski definition) is 1. The van der Waals surface area contributed by atoms with Crippen molar-refractivity contribution < 1.29 is 9.53 Å². The quantitative estimate of drug-likeness (QED) is 0.925. The standard InChI is InChI=1S/C19H29N3O2/c1-14(20)16-7-5-15(6-8-16)9-21-10-19(11-21)12-22(13-19)17(23)24-18(2,3)4/h5-8,14H,9-13,20H2,1-4H3/t14-/m0/s1. The molecular weight excluding hydrogens is 302 g/mol. The fourth-order valence-corrected chi connectivity index (χ4v) is 3.62. The number of carbonyl (C=O) groups excluding carboxylic acids is 1. The van der Waals surface area contributed by atoms with Crippen molar-refractivity contribution in [2.45, 2.75) is 45.9 Å². The fraction of sp³-hybridized carbons (Fsp3) is 0.632.